The van der Waals surface area contributed by atoms with Gasteiger partial charge < -0.3 is 19.3 Å². The number of hydrogen-bond acceptors (Lipinski definition) is 5. The molecule has 0 radical (unpaired) electrons. The molecule has 0 bridgehead atoms. The molecule has 0 saturated carbocycles. The summed E-state index contributed by atoms with van der Waals surface area (Å²) < 4.78 is 25.9. The van der Waals surface area contributed by atoms with E-state index in [1.54, 1.807) is 17.4 Å². The van der Waals surface area contributed by atoms with Crippen LogP contribution in [0.1, 0.15) is 65.0 Å². The van der Waals surface area contributed by atoms with Crippen LogP contribution in [0.4, 0.5) is 4.39 Å². The Kier molecular flexibility index (Phi) is 8.63. The Morgan fingerprint density at radius 1 is 1.18 bits per heavy atom. The van der Waals surface area contributed by atoms with Crippen LogP contribution >= 0.6 is 11.3 Å². The van der Waals surface area contributed by atoms with Crippen LogP contribution in [-0.2, 0) is 16.0 Å². The van der Waals surface area contributed by atoms with E-state index in [2.05, 4.69) is 37.4 Å². The molecule has 0 aliphatic carbocycles. The highest BCUT2D eigenvalue weighted by Crippen LogP contribution is 2.34. The van der Waals surface area contributed by atoms with Crippen molar-refractivity contribution in [2.24, 2.45) is 0 Å². The smallest absolute Gasteiger partial charge is 0.254 e. The molecule has 1 saturated heterocycles. The van der Waals surface area contributed by atoms with E-state index in [1.807, 2.05) is 17.0 Å². The third-order valence-corrected chi connectivity index (χ3v) is 8.50. The minimum Gasteiger partial charge on any atom is -0.491 e. The topological polar surface area (TPSA) is 59.1 Å². The quantitative estimate of drug-likeness (QED) is 0.336. The molecule has 39 heavy (non-hydrogen) atoms. The summed E-state index contributed by atoms with van der Waals surface area (Å²) >= 11 is 1.70. The summed E-state index contributed by atoms with van der Waals surface area (Å²) in [6.45, 7) is 6.01. The number of carbonyl (C=O) groups is 2. The highest BCUT2D eigenvalue weighted by Gasteiger charge is 2.34. The largest absolute Gasteiger partial charge is 0.491 e. The lowest BCUT2D eigenvalue weighted by Crippen LogP contribution is -2.49. The number of amides is 2. The number of halogens is 1. The van der Waals surface area contributed by atoms with E-state index in [9.17, 15) is 14.0 Å². The van der Waals surface area contributed by atoms with Crippen LogP contribution in [0, 0.1) is 5.82 Å². The van der Waals surface area contributed by atoms with Crippen molar-refractivity contribution in [3.05, 3.63) is 87.4 Å². The minimum atomic E-state index is -0.482. The highest BCUT2D eigenvalue weighted by molar-refractivity contribution is 7.10. The summed E-state index contributed by atoms with van der Waals surface area (Å²) in [6, 6.07) is 15.5. The van der Waals surface area contributed by atoms with Crippen LogP contribution in [-0.4, -0.2) is 60.6 Å². The van der Waals surface area contributed by atoms with Crippen molar-refractivity contribution in [3.8, 4) is 5.75 Å². The van der Waals surface area contributed by atoms with Crippen molar-refractivity contribution >= 4 is 23.2 Å². The number of thiophene rings is 1. The van der Waals surface area contributed by atoms with E-state index in [4.69, 9.17) is 9.47 Å². The van der Waals surface area contributed by atoms with E-state index in [1.165, 1.54) is 33.5 Å². The van der Waals surface area contributed by atoms with Gasteiger partial charge in [-0.15, -0.1) is 11.3 Å². The van der Waals surface area contributed by atoms with Gasteiger partial charge in [0.2, 0.25) is 5.91 Å². The summed E-state index contributed by atoms with van der Waals surface area (Å²) in [5.74, 6) is 0.189. The maximum atomic E-state index is 13.9. The lowest BCUT2D eigenvalue weighted by Gasteiger charge is -2.37. The average molecular weight is 551 g/mol. The predicted octanol–water partition coefficient (Wildman–Crippen LogP) is 5.84. The van der Waals surface area contributed by atoms with Gasteiger partial charge in [0.1, 0.15) is 24.7 Å². The normalized spacial score (nSPS) is 18.7. The molecular formula is C31H35FN2O4S. The molecule has 2 atom stereocenters. The first-order valence-electron chi connectivity index (χ1n) is 13.6. The molecule has 8 heteroatoms. The molecule has 2 aromatic carbocycles. The van der Waals surface area contributed by atoms with E-state index in [-0.39, 0.29) is 36.1 Å². The van der Waals surface area contributed by atoms with Gasteiger partial charge >= 0.3 is 0 Å². The van der Waals surface area contributed by atoms with Gasteiger partial charge in [-0.2, -0.15) is 0 Å². The van der Waals surface area contributed by atoms with Gasteiger partial charge in [-0.3, -0.25) is 9.59 Å². The van der Waals surface area contributed by atoms with Gasteiger partial charge in [-0.1, -0.05) is 32.0 Å². The number of ether oxygens (including phenoxy) is 2. The number of hydrogen-bond donors (Lipinski definition) is 0. The first-order valence-corrected chi connectivity index (χ1v) is 14.5. The summed E-state index contributed by atoms with van der Waals surface area (Å²) in [7, 11) is 0. The molecule has 2 amide bonds. The molecule has 0 spiro atoms. The Labute approximate surface area is 233 Å². The monoisotopic (exact) mass is 550 g/mol. The molecule has 1 fully saturated rings. The molecule has 3 heterocycles. The van der Waals surface area contributed by atoms with Crippen molar-refractivity contribution in [2.45, 2.75) is 51.2 Å². The molecule has 1 aromatic heterocycles. The van der Waals surface area contributed by atoms with Gasteiger partial charge in [0.25, 0.3) is 5.91 Å². The summed E-state index contributed by atoms with van der Waals surface area (Å²) in [5, 5.41) is 2.06. The Morgan fingerprint density at radius 2 is 2.00 bits per heavy atom. The van der Waals surface area contributed by atoms with Crippen LogP contribution in [0.15, 0.2) is 60.0 Å². The zero-order valence-corrected chi connectivity index (χ0v) is 23.3. The van der Waals surface area contributed by atoms with Crippen LogP contribution in [0.25, 0.3) is 0 Å². The van der Waals surface area contributed by atoms with E-state index >= 15 is 0 Å². The van der Waals surface area contributed by atoms with Crippen molar-refractivity contribution < 1.29 is 23.5 Å². The zero-order chi connectivity index (χ0) is 27.4. The van der Waals surface area contributed by atoms with Gasteiger partial charge in [0, 0.05) is 30.1 Å². The number of carbonyl (C=O) groups excluding carboxylic acids is 2. The fraction of sp³-hybridized carbons (Fsp3) is 0.419. The van der Waals surface area contributed by atoms with Crippen molar-refractivity contribution in [3.63, 3.8) is 0 Å². The van der Waals surface area contributed by atoms with Crippen LogP contribution in [0.2, 0.25) is 0 Å². The molecule has 2 aliphatic rings. The molecule has 5 rings (SSSR count). The summed E-state index contributed by atoms with van der Waals surface area (Å²) in [5.41, 5.74) is 2.57. The number of nitrogens with zero attached hydrogens (tertiary/aromatic N) is 2. The molecule has 0 unspecified atom stereocenters. The number of fused-ring (bicyclic) bond motifs is 1. The maximum absolute atomic E-state index is 13.9. The maximum Gasteiger partial charge on any atom is 0.254 e. The third-order valence-electron chi connectivity index (χ3n) is 7.50. The number of rotatable bonds is 9. The molecular weight excluding hydrogens is 515 g/mol. The second kappa shape index (κ2) is 12.3. The van der Waals surface area contributed by atoms with Gasteiger partial charge in [0.05, 0.1) is 12.1 Å². The lowest BCUT2D eigenvalue weighted by atomic mass is 10.00. The second-order valence-electron chi connectivity index (χ2n) is 10.5. The third kappa shape index (κ3) is 6.50. The Bertz CT molecular complexity index is 1290. The first-order chi connectivity index (χ1) is 18.9. The van der Waals surface area contributed by atoms with Crippen LogP contribution in [0.5, 0.6) is 5.75 Å². The Morgan fingerprint density at radius 3 is 2.72 bits per heavy atom. The Hall–Kier alpha value is -3.23. The molecule has 0 N–H and O–H groups in total. The van der Waals surface area contributed by atoms with Crippen molar-refractivity contribution in [2.75, 3.05) is 32.8 Å². The van der Waals surface area contributed by atoms with Crippen molar-refractivity contribution in [1.82, 2.24) is 9.80 Å². The fourth-order valence-corrected chi connectivity index (χ4v) is 6.24. The van der Waals surface area contributed by atoms with Crippen molar-refractivity contribution in [1.29, 1.82) is 0 Å². The first kappa shape index (κ1) is 27.3. The SMILES string of the molecule is CC(C)c1ccc(OC[C@H]2c3ccsc3CCN2C(=O)CN(C[C@@H]2CCCO2)C(=O)c2cccc(F)c2)cc1. The van der Waals surface area contributed by atoms with E-state index in [0.717, 1.165) is 30.6 Å². The molecule has 2 aliphatic heterocycles. The van der Waals surface area contributed by atoms with E-state index in [0.29, 0.717) is 32.2 Å². The Balaban J connectivity index is 1.34. The molecule has 206 valence electrons. The highest BCUT2D eigenvalue weighted by atomic mass is 32.1. The summed E-state index contributed by atoms with van der Waals surface area (Å²) in [6.07, 6.45) is 2.38. The van der Waals surface area contributed by atoms with Crippen LogP contribution in [0.3, 0.4) is 0 Å². The minimum absolute atomic E-state index is 0.103. The second-order valence-corrected chi connectivity index (χ2v) is 11.5. The molecule has 6 nitrogen and oxygen atoms in total. The zero-order valence-electron chi connectivity index (χ0n) is 22.5. The van der Waals surface area contributed by atoms with Crippen LogP contribution < -0.4 is 4.74 Å². The van der Waals surface area contributed by atoms with E-state index < -0.39 is 5.82 Å². The fourth-order valence-electron chi connectivity index (χ4n) is 5.31. The van der Waals surface area contributed by atoms with Gasteiger partial charge in [-0.05, 0) is 78.1 Å². The van der Waals surface area contributed by atoms with Gasteiger partial charge in [0.15, 0.2) is 0 Å². The number of benzene rings is 2. The van der Waals surface area contributed by atoms with Gasteiger partial charge in [-0.25, -0.2) is 4.39 Å². The predicted molar refractivity (Wildman–Crippen MR) is 150 cm³/mol. The molecule has 3 aromatic rings. The standard InChI is InChI=1S/C31H35FN2O4S/c1-21(2)22-8-10-25(11-9-22)38-20-28-27-13-16-39-29(27)12-14-34(28)30(35)19-33(18-26-7-4-15-37-26)31(36)23-5-3-6-24(32)17-23/h3,5-6,8-11,13,16-17,21,26,28H,4,7,12,14-15,18-20H2,1-2H3/t26-,28-/m0/s1. The summed E-state index contributed by atoms with van der Waals surface area (Å²) in [4.78, 5) is 31.9. The lowest BCUT2D eigenvalue weighted by molar-refractivity contribution is -0.135. The average Bonchev–Trinajstić information content (AvgIpc) is 3.63.